The summed E-state index contributed by atoms with van der Waals surface area (Å²) in [6, 6.07) is 8.00. The van der Waals surface area contributed by atoms with Crippen molar-refractivity contribution >= 4 is 21.9 Å². The Morgan fingerprint density at radius 2 is 1.26 bits per heavy atom. The first-order valence-electron chi connectivity index (χ1n) is 14.4. The molecule has 0 aliphatic carbocycles. The van der Waals surface area contributed by atoms with Crippen LogP contribution in [0.5, 0.6) is 5.75 Å². The third kappa shape index (κ3) is 15.5. The molecule has 0 bridgehead atoms. The van der Waals surface area contributed by atoms with Crippen LogP contribution in [0.1, 0.15) is 111 Å². The Morgan fingerprint density at radius 3 is 1.77 bits per heavy atom. The quantitative estimate of drug-likeness (QED) is 0.132. The van der Waals surface area contributed by atoms with Crippen molar-refractivity contribution in [2.24, 2.45) is 0 Å². The fourth-order valence-electron chi connectivity index (χ4n) is 4.14. The van der Waals surface area contributed by atoms with Crippen molar-refractivity contribution < 1.29 is 22.7 Å². The standard InChI is InChI=1S/C30H47N3O5S/c1-30(2,3)38-28(34)18-15-13-11-9-7-5-4-6-8-10-12-14-16-25-37-26-19-21-27(22-20-26)39(35,36)33-29-31-23-17-24-32-29/h17,19-24H,4-16,18,25H2,1-3H3,(H,31,32,33). The summed E-state index contributed by atoms with van der Waals surface area (Å²) in [7, 11) is -3.73. The van der Waals surface area contributed by atoms with Crippen molar-refractivity contribution in [1.29, 1.82) is 0 Å². The van der Waals surface area contributed by atoms with Gasteiger partial charge in [-0.05, 0) is 63.9 Å². The van der Waals surface area contributed by atoms with E-state index >= 15 is 0 Å². The van der Waals surface area contributed by atoms with Crippen molar-refractivity contribution in [2.75, 3.05) is 11.3 Å². The second-order valence-electron chi connectivity index (χ2n) is 10.9. The second-order valence-corrected chi connectivity index (χ2v) is 12.6. The maximum absolute atomic E-state index is 12.4. The monoisotopic (exact) mass is 561 g/mol. The lowest BCUT2D eigenvalue weighted by molar-refractivity contribution is -0.154. The van der Waals surface area contributed by atoms with Crippen LogP contribution in [0.4, 0.5) is 5.95 Å². The molecular formula is C30H47N3O5S. The van der Waals surface area contributed by atoms with E-state index in [1.807, 2.05) is 20.8 Å². The number of carbonyl (C=O) groups excluding carboxylic acids is 1. The van der Waals surface area contributed by atoms with Gasteiger partial charge in [-0.25, -0.2) is 23.1 Å². The summed E-state index contributed by atoms with van der Waals surface area (Å²) < 4.78 is 38.3. The number of anilines is 1. The van der Waals surface area contributed by atoms with E-state index in [0.717, 1.165) is 25.7 Å². The lowest BCUT2D eigenvalue weighted by Crippen LogP contribution is -2.23. The maximum Gasteiger partial charge on any atom is 0.306 e. The molecule has 9 heteroatoms. The Kier molecular flexibility index (Phi) is 14.9. The summed E-state index contributed by atoms with van der Waals surface area (Å²) in [5.41, 5.74) is -0.381. The number of hydrogen-bond donors (Lipinski definition) is 1. The van der Waals surface area contributed by atoms with E-state index in [2.05, 4.69) is 14.7 Å². The zero-order valence-corrected chi connectivity index (χ0v) is 24.8. The molecule has 0 saturated carbocycles. The van der Waals surface area contributed by atoms with Crippen LogP contribution in [-0.2, 0) is 19.6 Å². The lowest BCUT2D eigenvalue weighted by atomic mass is 10.0. The molecule has 1 aromatic heterocycles. The van der Waals surface area contributed by atoms with E-state index in [-0.39, 0.29) is 22.4 Å². The van der Waals surface area contributed by atoms with Gasteiger partial charge in [0.25, 0.3) is 10.0 Å². The third-order valence-corrected chi connectivity index (χ3v) is 7.48. The van der Waals surface area contributed by atoms with E-state index in [1.54, 1.807) is 18.2 Å². The third-order valence-electron chi connectivity index (χ3n) is 6.14. The highest BCUT2D eigenvalue weighted by Crippen LogP contribution is 2.19. The molecule has 0 saturated heterocycles. The minimum absolute atomic E-state index is 0.0399. The summed E-state index contributed by atoms with van der Waals surface area (Å²) in [6.07, 6.45) is 19.1. The van der Waals surface area contributed by atoms with E-state index in [9.17, 15) is 13.2 Å². The van der Waals surface area contributed by atoms with Gasteiger partial charge in [-0.2, -0.15) is 0 Å². The smallest absolute Gasteiger partial charge is 0.306 e. The topological polar surface area (TPSA) is 107 Å². The number of benzene rings is 1. The van der Waals surface area contributed by atoms with E-state index in [0.29, 0.717) is 18.8 Å². The number of esters is 1. The van der Waals surface area contributed by atoms with E-state index < -0.39 is 10.0 Å². The molecule has 1 aromatic carbocycles. The predicted octanol–water partition coefficient (Wildman–Crippen LogP) is 7.46. The van der Waals surface area contributed by atoms with Gasteiger partial charge in [-0.15, -0.1) is 0 Å². The van der Waals surface area contributed by atoms with Crippen molar-refractivity contribution in [1.82, 2.24) is 9.97 Å². The molecule has 0 amide bonds. The van der Waals surface area contributed by atoms with Crippen molar-refractivity contribution in [2.45, 2.75) is 121 Å². The summed E-state index contributed by atoms with van der Waals surface area (Å²) >= 11 is 0. The van der Waals surface area contributed by atoms with Crippen molar-refractivity contribution in [3.8, 4) is 5.75 Å². The van der Waals surface area contributed by atoms with Crippen LogP contribution in [-0.4, -0.2) is 36.6 Å². The number of sulfonamides is 1. The first-order chi connectivity index (χ1) is 18.7. The first-order valence-corrected chi connectivity index (χ1v) is 15.9. The van der Waals surface area contributed by atoms with Crippen LogP contribution in [0.3, 0.4) is 0 Å². The Hall–Kier alpha value is -2.68. The number of nitrogens with zero attached hydrogens (tertiary/aromatic N) is 2. The number of nitrogens with one attached hydrogen (secondary N) is 1. The average Bonchev–Trinajstić information content (AvgIpc) is 2.88. The van der Waals surface area contributed by atoms with Crippen molar-refractivity contribution in [3.05, 3.63) is 42.7 Å². The number of aromatic nitrogens is 2. The molecule has 0 radical (unpaired) electrons. The molecule has 0 fully saturated rings. The van der Waals surface area contributed by atoms with Gasteiger partial charge in [0.05, 0.1) is 11.5 Å². The highest BCUT2D eigenvalue weighted by Gasteiger charge is 2.16. The van der Waals surface area contributed by atoms with Gasteiger partial charge in [-0.3, -0.25) is 4.79 Å². The molecule has 1 heterocycles. The molecule has 2 rings (SSSR count). The number of ether oxygens (including phenoxy) is 2. The van der Waals surface area contributed by atoms with Gasteiger partial charge in [0.15, 0.2) is 0 Å². The van der Waals surface area contributed by atoms with Crippen LogP contribution in [0, 0.1) is 0 Å². The number of unbranched alkanes of at least 4 members (excludes halogenated alkanes) is 12. The highest BCUT2D eigenvalue weighted by molar-refractivity contribution is 7.92. The molecule has 2 aromatic rings. The van der Waals surface area contributed by atoms with Gasteiger partial charge >= 0.3 is 5.97 Å². The molecule has 218 valence electrons. The van der Waals surface area contributed by atoms with E-state index in [4.69, 9.17) is 9.47 Å². The largest absolute Gasteiger partial charge is 0.494 e. The summed E-state index contributed by atoms with van der Waals surface area (Å²) in [4.78, 5) is 19.6. The maximum atomic E-state index is 12.4. The number of carbonyl (C=O) groups is 1. The van der Waals surface area contributed by atoms with Gasteiger partial charge in [0.2, 0.25) is 5.95 Å². The molecule has 8 nitrogen and oxygen atoms in total. The van der Waals surface area contributed by atoms with Crippen molar-refractivity contribution in [3.63, 3.8) is 0 Å². The molecule has 1 N–H and O–H groups in total. The summed E-state index contributed by atoms with van der Waals surface area (Å²) in [5.74, 6) is 0.620. The zero-order valence-electron chi connectivity index (χ0n) is 24.0. The predicted molar refractivity (Wildman–Crippen MR) is 155 cm³/mol. The van der Waals surface area contributed by atoms with Crippen LogP contribution in [0.15, 0.2) is 47.6 Å². The normalized spacial score (nSPS) is 11.8. The van der Waals surface area contributed by atoms with Gasteiger partial charge in [0.1, 0.15) is 11.4 Å². The van der Waals surface area contributed by atoms with Crippen LogP contribution >= 0.6 is 0 Å². The molecule has 0 aliphatic heterocycles. The molecule has 0 aliphatic rings. The average molecular weight is 562 g/mol. The minimum Gasteiger partial charge on any atom is -0.494 e. The number of rotatable bonds is 20. The van der Waals surface area contributed by atoms with Gasteiger partial charge < -0.3 is 9.47 Å². The van der Waals surface area contributed by atoms with Gasteiger partial charge in [0, 0.05) is 18.8 Å². The minimum atomic E-state index is -3.73. The molecule has 0 spiro atoms. The SMILES string of the molecule is CC(C)(C)OC(=O)CCCCCCCCCCCCCCCOc1ccc(S(=O)(=O)Nc2ncccn2)cc1. The fraction of sp³-hybridized carbons (Fsp3) is 0.633. The summed E-state index contributed by atoms with van der Waals surface area (Å²) in [6.45, 7) is 6.35. The Morgan fingerprint density at radius 1 is 0.769 bits per heavy atom. The second kappa shape index (κ2) is 17.8. The number of hydrogen-bond acceptors (Lipinski definition) is 7. The Labute approximate surface area is 235 Å². The molecular weight excluding hydrogens is 514 g/mol. The Balaban J connectivity index is 1.40. The van der Waals surface area contributed by atoms with Crippen LogP contribution < -0.4 is 9.46 Å². The molecule has 39 heavy (non-hydrogen) atoms. The molecule has 0 unspecified atom stereocenters. The fourth-order valence-corrected chi connectivity index (χ4v) is 5.10. The van der Waals surface area contributed by atoms with Crippen LogP contribution in [0.25, 0.3) is 0 Å². The van der Waals surface area contributed by atoms with Crippen LogP contribution in [0.2, 0.25) is 0 Å². The zero-order chi connectivity index (χ0) is 28.4. The Bertz CT molecular complexity index is 1040. The lowest BCUT2D eigenvalue weighted by Gasteiger charge is -2.19. The van der Waals surface area contributed by atoms with E-state index in [1.165, 1.54) is 82.3 Å². The molecule has 0 atom stereocenters. The first kappa shape index (κ1) is 32.5. The highest BCUT2D eigenvalue weighted by atomic mass is 32.2. The van der Waals surface area contributed by atoms with Gasteiger partial charge in [-0.1, -0.05) is 70.6 Å². The summed E-state index contributed by atoms with van der Waals surface area (Å²) in [5, 5.41) is 0.